The molecule has 1 aliphatic heterocycles. The van der Waals surface area contributed by atoms with E-state index in [0.29, 0.717) is 43.8 Å². The van der Waals surface area contributed by atoms with Gasteiger partial charge in [0.1, 0.15) is 13.2 Å². The maximum atomic E-state index is 12.1. The molecule has 0 aromatic carbocycles. The first-order valence-corrected chi connectivity index (χ1v) is 7.78. The van der Waals surface area contributed by atoms with Gasteiger partial charge in [-0.3, -0.25) is 4.79 Å². The lowest BCUT2D eigenvalue weighted by Gasteiger charge is -2.33. The highest BCUT2D eigenvalue weighted by Gasteiger charge is 2.24. The number of hydrogen-bond acceptors (Lipinski definition) is 6. The van der Waals surface area contributed by atoms with Gasteiger partial charge in [-0.2, -0.15) is 4.98 Å². The molecule has 1 aromatic heterocycles. The Morgan fingerprint density at radius 1 is 1.45 bits per heavy atom. The topological polar surface area (TPSA) is 77.7 Å². The van der Waals surface area contributed by atoms with Crippen LogP contribution in [0.25, 0.3) is 0 Å². The second kappa shape index (κ2) is 8.24. The number of aromatic nitrogens is 2. The van der Waals surface area contributed by atoms with Crippen molar-refractivity contribution in [1.29, 1.82) is 0 Å². The molecule has 0 N–H and O–H groups in total. The summed E-state index contributed by atoms with van der Waals surface area (Å²) in [6, 6.07) is 0. The third-order valence-electron chi connectivity index (χ3n) is 3.54. The molecule has 0 spiro atoms. The van der Waals surface area contributed by atoms with Gasteiger partial charge in [0.15, 0.2) is 5.82 Å². The maximum absolute atomic E-state index is 12.1. The summed E-state index contributed by atoms with van der Waals surface area (Å²) in [5.74, 6) is 1.55. The van der Waals surface area contributed by atoms with Gasteiger partial charge >= 0.3 is 0 Å². The molecule has 1 aliphatic rings. The highest BCUT2D eigenvalue weighted by atomic mass is 16.5. The van der Waals surface area contributed by atoms with Crippen molar-refractivity contribution in [2.75, 3.05) is 20.2 Å². The second-order valence-corrected chi connectivity index (χ2v) is 6.05. The molecule has 1 amide bonds. The SMILES string of the molecule is COCc1nc(COC2CCCN(C(=O)CC(C)C)C2)no1. The number of carbonyl (C=O) groups is 1. The molecule has 2 rings (SSSR count). The van der Waals surface area contributed by atoms with E-state index < -0.39 is 0 Å². The predicted molar refractivity (Wildman–Crippen MR) is 78.9 cm³/mol. The molecule has 7 heteroatoms. The molecule has 1 saturated heterocycles. The molecule has 1 aromatic rings. The average Bonchev–Trinajstić information content (AvgIpc) is 2.93. The van der Waals surface area contributed by atoms with Crippen molar-refractivity contribution in [2.24, 2.45) is 5.92 Å². The molecule has 22 heavy (non-hydrogen) atoms. The summed E-state index contributed by atoms with van der Waals surface area (Å²) in [5, 5.41) is 3.84. The fourth-order valence-corrected chi connectivity index (χ4v) is 2.50. The number of ether oxygens (including phenoxy) is 2. The zero-order valence-corrected chi connectivity index (χ0v) is 13.6. The van der Waals surface area contributed by atoms with Crippen molar-refractivity contribution >= 4 is 5.91 Å². The first-order valence-electron chi connectivity index (χ1n) is 7.78. The van der Waals surface area contributed by atoms with Crippen LogP contribution in [0.3, 0.4) is 0 Å². The monoisotopic (exact) mass is 311 g/mol. The summed E-state index contributed by atoms with van der Waals surface area (Å²) >= 11 is 0. The lowest BCUT2D eigenvalue weighted by molar-refractivity contribution is -0.136. The Balaban J connectivity index is 1.78. The van der Waals surface area contributed by atoms with Crippen molar-refractivity contribution < 1.29 is 18.8 Å². The summed E-state index contributed by atoms with van der Waals surface area (Å²) in [6.45, 7) is 6.19. The lowest BCUT2D eigenvalue weighted by Crippen LogP contribution is -2.43. The van der Waals surface area contributed by atoms with Gasteiger partial charge in [-0.15, -0.1) is 0 Å². The fraction of sp³-hybridized carbons (Fsp3) is 0.800. The molecule has 0 radical (unpaired) electrons. The van der Waals surface area contributed by atoms with E-state index in [9.17, 15) is 4.79 Å². The van der Waals surface area contributed by atoms with Crippen LogP contribution < -0.4 is 0 Å². The number of piperidine rings is 1. The minimum Gasteiger partial charge on any atom is -0.375 e. The van der Waals surface area contributed by atoms with E-state index in [2.05, 4.69) is 24.0 Å². The summed E-state index contributed by atoms with van der Waals surface area (Å²) in [5.41, 5.74) is 0. The zero-order valence-electron chi connectivity index (χ0n) is 13.6. The predicted octanol–water partition coefficient (Wildman–Crippen LogP) is 1.77. The Labute approximate surface area is 131 Å². The molecular formula is C15H25N3O4. The molecule has 0 aliphatic carbocycles. The Morgan fingerprint density at radius 2 is 2.27 bits per heavy atom. The molecule has 0 saturated carbocycles. The largest absolute Gasteiger partial charge is 0.375 e. The number of rotatable bonds is 7. The van der Waals surface area contributed by atoms with Crippen molar-refractivity contribution in [2.45, 2.75) is 52.4 Å². The molecule has 2 heterocycles. The lowest BCUT2D eigenvalue weighted by atomic mass is 10.1. The smallest absolute Gasteiger partial charge is 0.252 e. The van der Waals surface area contributed by atoms with Gasteiger partial charge in [-0.1, -0.05) is 19.0 Å². The van der Waals surface area contributed by atoms with E-state index in [-0.39, 0.29) is 12.0 Å². The van der Waals surface area contributed by atoms with Crippen LogP contribution in [-0.4, -0.2) is 47.3 Å². The normalized spacial score (nSPS) is 18.9. The molecule has 7 nitrogen and oxygen atoms in total. The summed E-state index contributed by atoms with van der Waals surface area (Å²) in [7, 11) is 1.57. The maximum Gasteiger partial charge on any atom is 0.252 e. The number of amides is 1. The van der Waals surface area contributed by atoms with E-state index in [0.717, 1.165) is 19.4 Å². The zero-order chi connectivity index (χ0) is 15.9. The Kier molecular flexibility index (Phi) is 6.33. The third kappa shape index (κ3) is 5.06. The number of hydrogen-bond donors (Lipinski definition) is 0. The van der Waals surface area contributed by atoms with E-state index in [1.807, 2.05) is 4.90 Å². The van der Waals surface area contributed by atoms with Gasteiger partial charge < -0.3 is 18.9 Å². The summed E-state index contributed by atoms with van der Waals surface area (Å²) in [4.78, 5) is 18.2. The Morgan fingerprint density at radius 3 is 3.00 bits per heavy atom. The fourth-order valence-electron chi connectivity index (χ4n) is 2.50. The average molecular weight is 311 g/mol. The van der Waals surface area contributed by atoms with Gasteiger partial charge in [0, 0.05) is 26.6 Å². The second-order valence-electron chi connectivity index (χ2n) is 6.05. The summed E-state index contributed by atoms with van der Waals surface area (Å²) in [6.07, 6.45) is 2.55. The highest BCUT2D eigenvalue weighted by molar-refractivity contribution is 5.76. The quantitative estimate of drug-likeness (QED) is 0.763. The van der Waals surface area contributed by atoms with Crippen molar-refractivity contribution in [3.05, 3.63) is 11.7 Å². The van der Waals surface area contributed by atoms with Crippen LogP contribution in [0.1, 0.15) is 44.8 Å². The van der Waals surface area contributed by atoms with Crippen LogP contribution in [0, 0.1) is 5.92 Å². The standard InChI is InChI=1S/C15H25N3O4/c1-11(2)7-15(19)18-6-4-5-12(8-18)21-9-13-16-14(10-20-3)22-17-13/h11-12H,4-10H2,1-3H3. The van der Waals surface area contributed by atoms with Crippen LogP contribution in [0.5, 0.6) is 0 Å². The number of likely N-dealkylation sites (tertiary alicyclic amines) is 1. The Bertz CT molecular complexity index is 475. The van der Waals surface area contributed by atoms with Gasteiger partial charge in [-0.25, -0.2) is 0 Å². The molecular weight excluding hydrogens is 286 g/mol. The van der Waals surface area contributed by atoms with Gasteiger partial charge in [0.05, 0.1) is 6.10 Å². The van der Waals surface area contributed by atoms with E-state index >= 15 is 0 Å². The Hall–Kier alpha value is -1.47. The van der Waals surface area contributed by atoms with E-state index in [1.54, 1.807) is 7.11 Å². The molecule has 124 valence electrons. The molecule has 1 unspecified atom stereocenters. The molecule has 1 fully saturated rings. The third-order valence-corrected chi connectivity index (χ3v) is 3.54. The van der Waals surface area contributed by atoms with Crippen LogP contribution >= 0.6 is 0 Å². The van der Waals surface area contributed by atoms with Crippen LogP contribution in [0.15, 0.2) is 4.52 Å². The van der Waals surface area contributed by atoms with E-state index in [4.69, 9.17) is 14.0 Å². The van der Waals surface area contributed by atoms with Crippen LogP contribution in [0.4, 0.5) is 0 Å². The van der Waals surface area contributed by atoms with Crippen LogP contribution in [-0.2, 0) is 27.5 Å². The number of carbonyl (C=O) groups excluding carboxylic acids is 1. The van der Waals surface area contributed by atoms with E-state index in [1.165, 1.54) is 0 Å². The van der Waals surface area contributed by atoms with Crippen molar-refractivity contribution in [3.8, 4) is 0 Å². The minimum absolute atomic E-state index is 0.0363. The van der Waals surface area contributed by atoms with Gasteiger partial charge in [0.2, 0.25) is 5.91 Å². The first-order chi connectivity index (χ1) is 10.6. The highest BCUT2D eigenvalue weighted by Crippen LogP contribution is 2.16. The van der Waals surface area contributed by atoms with Crippen molar-refractivity contribution in [1.82, 2.24) is 15.0 Å². The van der Waals surface area contributed by atoms with Crippen LogP contribution in [0.2, 0.25) is 0 Å². The van der Waals surface area contributed by atoms with Crippen molar-refractivity contribution in [3.63, 3.8) is 0 Å². The minimum atomic E-state index is 0.0363. The first kappa shape index (κ1) is 16.9. The van der Waals surface area contributed by atoms with Gasteiger partial charge in [-0.05, 0) is 18.8 Å². The number of nitrogens with zero attached hydrogens (tertiary/aromatic N) is 3. The molecule has 0 bridgehead atoms. The summed E-state index contributed by atoms with van der Waals surface area (Å²) < 4.78 is 15.8. The van der Waals surface area contributed by atoms with Gasteiger partial charge in [0.25, 0.3) is 5.89 Å². The number of methoxy groups -OCH3 is 1. The molecule has 1 atom stereocenters.